The molecule has 0 bridgehead atoms. The lowest BCUT2D eigenvalue weighted by atomic mass is 10.2. The molecule has 0 amide bonds. The Morgan fingerprint density at radius 1 is 1.25 bits per heavy atom. The SMILES string of the molecule is O=C(O)c1c(F)ccc(OC(F)(F)F)c1F. The van der Waals surface area contributed by atoms with Gasteiger partial charge in [-0.3, -0.25) is 0 Å². The molecule has 0 saturated heterocycles. The number of benzene rings is 1. The van der Waals surface area contributed by atoms with Crippen LogP contribution in [0.5, 0.6) is 5.75 Å². The van der Waals surface area contributed by atoms with Crippen molar-refractivity contribution in [2.75, 3.05) is 0 Å². The first-order valence-electron chi connectivity index (χ1n) is 3.69. The summed E-state index contributed by atoms with van der Waals surface area (Å²) in [6.45, 7) is 0. The van der Waals surface area contributed by atoms with Gasteiger partial charge in [0.15, 0.2) is 11.6 Å². The number of carboxylic acids is 1. The summed E-state index contributed by atoms with van der Waals surface area (Å²) in [6, 6.07) is 0.720. The van der Waals surface area contributed by atoms with E-state index in [2.05, 4.69) is 4.74 Å². The summed E-state index contributed by atoms with van der Waals surface area (Å²) in [6.07, 6.45) is -5.19. The molecular weight excluding hydrogens is 239 g/mol. The highest BCUT2D eigenvalue weighted by Gasteiger charge is 2.34. The van der Waals surface area contributed by atoms with E-state index in [1.807, 2.05) is 0 Å². The number of hydrogen-bond acceptors (Lipinski definition) is 2. The Hall–Kier alpha value is -1.86. The molecule has 0 radical (unpaired) electrons. The lowest BCUT2D eigenvalue weighted by molar-refractivity contribution is -0.275. The van der Waals surface area contributed by atoms with E-state index < -0.39 is 35.3 Å². The van der Waals surface area contributed by atoms with Crippen LogP contribution in [-0.2, 0) is 0 Å². The highest BCUT2D eigenvalue weighted by Crippen LogP contribution is 2.28. The summed E-state index contributed by atoms with van der Waals surface area (Å²) in [7, 11) is 0. The van der Waals surface area contributed by atoms with Gasteiger partial charge >= 0.3 is 12.3 Å². The third kappa shape index (κ3) is 2.59. The molecule has 3 nitrogen and oxygen atoms in total. The molecule has 0 aliphatic rings. The van der Waals surface area contributed by atoms with Crippen molar-refractivity contribution in [2.24, 2.45) is 0 Å². The molecule has 1 aromatic carbocycles. The molecule has 0 spiro atoms. The minimum atomic E-state index is -5.19. The van der Waals surface area contributed by atoms with Gasteiger partial charge in [-0.15, -0.1) is 13.2 Å². The normalized spacial score (nSPS) is 11.3. The monoisotopic (exact) mass is 242 g/mol. The van der Waals surface area contributed by atoms with E-state index in [4.69, 9.17) is 5.11 Å². The van der Waals surface area contributed by atoms with Crippen molar-refractivity contribution in [1.82, 2.24) is 0 Å². The third-order valence-corrected chi connectivity index (χ3v) is 1.50. The van der Waals surface area contributed by atoms with Crippen LogP contribution in [0.25, 0.3) is 0 Å². The molecule has 1 N–H and O–H groups in total. The van der Waals surface area contributed by atoms with Gasteiger partial charge in [0.2, 0.25) is 0 Å². The largest absolute Gasteiger partial charge is 0.573 e. The lowest BCUT2D eigenvalue weighted by Gasteiger charge is -2.10. The maximum atomic E-state index is 13.1. The second-order valence-electron chi connectivity index (χ2n) is 2.59. The van der Waals surface area contributed by atoms with Crippen LogP contribution < -0.4 is 4.74 Å². The first kappa shape index (κ1) is 12.2. The zero-order valence-electron chi connectivity index (χ0n) is 7.31. The molecule has 0 saturated carbocycles. The van der Waals surface area contributed by atoms with Crippen molar-refractivity contribution in [3.8, 4) is 5.75 Å². The summed E-state index contributed by atoms with van der Waals surface area (Å²) in [5.41, 5.74) is -1.50. The summed E-state index contributed by atoms with van der Waals surface area (Å²) in [4.78, 5) is 10.3. The van der Waals surface area contributed by atoms with Crippen LogP contribution in [0.4, 0.5) is 22.0 Å². The summed E-state index contributed by atoms with van der Waals surface area (Å²) < 4.78 is 64.2. The molecule has 0 heterocycles. The van der Waals surface area contributed by atoms with Crippen LogP contribution in [-0.4, -0.2) is 17.4 Å². The van der Waals surface area contributed by atoms with Gasteiger partial charge in [-0.25, -0.2) is 13.6 Å². The minimum absolute atomic E-state index is 0.352. The fourth-order valence-corrected chi connectivity index (χ4v) is 0.933. The van der Waals surface area contributed by atoms with Crippen LogP contribution in [0, 0.1) is 11.6 Å². The fraction of sp³-hybridized carbons (Fsp3) is 0.125. The fourth-order valence-electron chi connectivity index (χ4n) is 0.933. The van der Waals surface area contributed by atoms with Gasteiger partial charge in [0.1, 0.15) is 11.4 Å². The van der Waals surface area contributed by atoms with Crippen LogP contribution in [0.1, 0.15) is 10.4 Å². The Morgan fingerprint density at radius 3 is 2.25 bits per heavy atom. The summed E-state index contributed by atoms with van der Waals surface area (Å²) in [5, 5.41) is 8.35. The third-order valence-electron chi connectivity index (χ3n) is 1.50. The predicted molar refractivity (Wildman–Crippen MR) is 40.0 cm³/mol. The maximum Gasteiger partial charge on any atom is 0.573 e. The number of alkyl halides is 3. The number of hydrogen-bond donors (Lipinski definition) is 1. The number of carbonyl (C=O) groups is 1. The topological polar surface area (TPSA) is 46.5 Å². The van der Waals surface area contributed by atoms with Gasteiger partial charge in [-0.05, 0) is 12.1 Å². The van der Waals surface area contributed by atoms with Crippen molar-refractivity contribution in [3.63, 3.8) is 0 Å². The number of ether oxygens (including phenoxy) is 1. The Kier molecular flexibility index (Phi) is 3.02. The number of carboxylic acid groups (broad SMARTS) is 1. The van der Waals surface area contributed by atoms with Crippen molar-refractivity contribution >= 4 is 5.97 Å². The lowest BCUT2D eigenvalue weighted by Crippen LogP contribution is -2.19. The molecule has 1 aromatic rings. The molecule has 0 aliphatic heterocycles. The number of halogens is 5. The quantitative estimate of drug-likeness (QED) is 0.810. The van der Waals surface area contributed by atoms with Gasteiger partial charge in [-0.2, -0.15) is 0 Å². The molecule has 0 atom stereocenters. The van der Waals surface area contributed by atoms with E-state index >= 15 is 0 Å². The number of aromatic carboxylic acids is 1. The second kappa shape index (κ2) is 3.95. The van der Waals surface area contributed by atoms with Crippen molar-refractivity contribution in [1.29, 1.82) is 0 Å². The van der Waals surface area contributed by atoms with E-state index in [-0.39, 0.29) is 0 Å². The Bertz CT molecular complexity index is 426. The molecule has 0 aromatic heterocycles. The van der Waals surface area contributed by atoms with Crippen LogP contribution in [0.2, 0.25) is 0 Å². The first-order chi connectivity index (χ1) is 7.22. The summed E-state index contributed by atoms with van der Waals surface area (Å²) >= 11 is 0. The van der Waals surface area contributed by atoms with Gasteiger partial charge in [0, 0.05) is 0 Å². The van der Waals surface area contributed by atoms with E-state index in [0.717, 1.165) is 0 Å². The molecule has 88 valence electrons. The van der Waals surface area contributed by atoms with Crippen molar-refractivity contribution in [2.45, 2.75) is 6.36 Å². The van der Waals surface area contributed by atoms with Crippen LogP contribution >= 0.6 is 0 Å². The highest BCUT2D eigenvalue weighted by atomic mass is 19.4. The molecule has 0 fully saturated rings. The molecule has 0 aliphatic carbocycles. The predicted octanol–water partition coefficient (Wildman–Crippen LogP) is 2.56. The average molecular weight is 242 g/mol. The zero-order chi connectivity index (χ0) is 12.5. The van der Waals surface area contributed by atoms with E-state index in [1.165, 1.54) is 0 Å². The first-order valence-corrected chi connectivity index (χ1v) is 3.69. The highest BCUT2D eigenvalue weighted by molar-refractivity contribution is 5.88. The van der Waals surface area contributed by atoms with E-state index in [1.54, 1.807) is 0 Å². The molecular formula is C8H3F5O3. The van der Waals surface area contributed by atoms with E-state index in [0.29, 0.717) is 12.1 Å². The Morgan fingerprint density at radius 2 is 1.81 bits per heavy atom. The van der Waals surface area contributed by atoms with Crippen molar-refractivity contribution < 1.29 is 36.6 Å². The minimum Gasteiger partial charge on any atom is -0.477 e. The molecule has 0 unspecified atom stereocenters. The van der Waals surface area contributed by atoms with Gasteiger partial charge in [0.25, 0.3) is 0 Å². The maximum absolute atomic E-state index is 13.1. The van der Waals surface area contributed by atoms with Gasteiger partial charge < -0.3 is 9.84 Å². The molecule has 16 heavy (non-hydrogen) atoms. The Balaban J connectivity index is 3.24. The summed E-state index contributed by atoms with van der Waals surface area (Å²) in [5.74, 6) is -6.82. The van der Waals surface area contributed by atoms with Crippen LogP contribution in [0.15, 0.2) is 12.1 Å². The average Bonchev–Trinajstić information content (AvgIpc) is 2.07. The van der Waals surface area contributed by atoms with E-state index in [9.17, 15) is 26.7 Å². The smallest absolute Gasteiger partial charge is 0.477 e. The van der Waals surface area contributed by atoms with Crippen LogP contribution in [0.3, 0.4) is 0 Å². The molecule has 1 rings (SSSR count). The zero-order valence-corrected chi connectivity index (χ0v) is 7.31. The molecule has 8 heteroatoms. The van der Waals surface area contributed by atoms with Gasteiger partial charge in [0.05, 0.1) is 0 Å². The second-order valence-corrected chi connectivity index (χ2v) is 2.59. The van der Waals surface area contributed by atoms with Crippen molar-refractivity contribution in [3.05, 3.63) is 29.3 Å². The van der Waals surface area contributed by atoms with Gasteiger partial charge in [-0.1, -0.05) is 0 Å². The Labute approximate surface area is 85.1 Å². The standard InChI is InChI=1S/C8H3F5O3/c9-3-1-2-4(16-8(11,12)13)6(10)5(3)7(14)15/h1-2H,(H,14,15). The number of rotatable bonds is 2.